The molecule has 2 atom stereocenters. The fourth-order valence-electron chi connectivity index (χ4n) is 1.42. The number of ether oxygens (including phenoxy) is 3. The number of carboxylic acids is 1. The number of carbonyl (C=O) groups is 1. The van der Waals surface area contributed by atoms with Gasteiger partial charge in [0.15, 0.2) is 0 Å². The number of carboxylic acid groups (broad SMARTS) is 1. The van der Waals surface area contributed by atoms with Crippen LogP contribution in [0.2, 0.25) is 0 Å². The van der Waals surface area contributed by atoms with Gasteiger partial charge in [0.05, 0.1) is 16.3 Å². The highest BCUT2D eigenvalue weighted by Gasteiger charge is 2.36. The number of methoxy groups -OCH3 is 3. The molecule has 0 aromatic heterocycles. The van der Waals surface area contributed by atoms with Crippen molar-refractivity contribution in [2.24, 2.45) is 0 Å². The van der Waals surface area contributed by atoms with Gasteiger partial charge in [-0.25, -0.2) is 0 Å². The van der Waals surface area contributed by atoms with Gasteiger partial charge in [-0.2, -0.15) is 0 Å². The summed E-state index contributed by atoms with van der Waals surface area (Å²) in [6, 6.07) is 0. The fourth-order valence-corrected chi connectivity index (χ4v) is 2.23. The number of alkyl halides is 1. The van der Waals surface area contributed by atoms with Crippen LogP contribution >= 0.6 is 15.9 Å². The average Bonchev–Trinajstić information content (AvgIpc) is 2.27. The SMILES string of the molecule is COC(CC([SiH3])(OC)OC)CC(C)(Br)C(=O)O. The van der Waals surface area contributed by atoms with E-state index in [0.29, 0.717) is 23.1 Å². The zero-order chi connectivity index (χ0) is 13.7. The molecule has 0 aromatic carbocycles. The number of aliphatic carboxylic acids is 1. The standard InChI is InChI=1S/C10H21BrO5Si/c1-9(11,8(12)13)5-7(14-2)6-10(17,15-3)16-4/h7H,5-6H2,1-4,17H3,(H,12,13). The Morgan fingerprint density at radius 1 is 1.35 bits per heavy atom. The number of rotatable bonds is 8. The van der Waals surface area contributed by atoms with Crippen LogP contribution in [-0.4, -0.2) is 58.5 Å². The lowest BCUT2D eigenvalue weighted by molar-refractivity contribution is -0.165. The number of hydrogen-bond acceptors (Lipinski definition) is 4. The van der Waals surface area contributed by atoms with E-state index >= 15 is 0 Å². The van der Waals surface area contributed by atoms with E-state index in [1.54, 1.807) is 28.3 Å². The number of halogens is 1. The second-order valence-corrected chi connectivity index (χ2v) is 7.58. The molecular weight excluding hydrogens is 308 g/mol. The van der Waals surface area contributed by atoms with Gasteiger partial charge in [0.1, 0.15) is 9.73 Å². The predicted octanol–water partition coefficient (Wildman–Crippen LogP) is 0.332. The molecule has 0 aliphatic carbocycles. The maximum Gasteiger partial charge on any atom is 0.320 e. The summed E-state index contributed by atoms with van der Waals surface area (Å²) in [4.78, 5) is 11.0. The molecular formula is C10H21BrO5Si. The molecule has 0 bridgehead atoms. The molecule has 0 aliphatic heterocycles. The molecule has 17 heavy (non-hydrogen) atoms. The quantitative estimate of drug-likeness (QED) is 0.395. The fraction of sp³-hybridized carbons (Fsp3) is 0.900. The average molecular weight is 329 g/mol. The van der Waals surface area contributed by atoms with Gasteiger partial charge in [-0.3, -0.25) is 4.79 Å². The summed E-state index contributed by atoms with van der Waals surface area (Å²) in [6.07, 6.45) is 0.611. The van der Waals surface area contributed by atoms with Crippen molar-refractivity contribution in [3.05, 3.63) is 0 Å². The third-order valence-electron chi connectivity index (χ3n) is 2.85. The Morgan fingerprint density at radius 3 is 2.12 bits per heavy atom. The third kappa shape index (κ3) is 5.48. The molecule has 0 spiro atoms. The van der Waals surface area contributed by atoms with Crippen molar-refractivity contribution >= 4 is 32.1 Å². The van der Waals surface area contributed by atoms with Crippen molar-refractivity contribution in [2.45, 2.75) is 35.6 Å². The van der Waals surface area contributed by atoms with Gasteiger partial charge < -0.3 is 19.3 Å². The Kier molecular flexibility index (Phi) is 6.86. The van der Waals surface area contributed by atoms with E-state index in [4.69, 9.17) is 19.3 Å². The van der Waals surface area contributed by atoms with Gasteiger partial charge in [0, 0.05) is 27.8 Å². The summed E-state index contributed by atoms with van der Waals surface area (Å²) < 4.78 is 14.9. The van der Waals surface area contributed by atoms with Crippen molar-refractivity contribution in [3.8, 4) is 0 Å². The first kappa shape index (κ1) is 17.0. The van der Waals surface area contributed by atoms with Crippen LogP contribution in [0.1, 0.15) is 19.8 Å². The summed E-state index contributed by atoms with van der Waals surface area (Å²) in [7, 11) is 5.39. The van der Waals surface area contributed by atoms with Gasteiger partial charge in [-0.15, -0.1) is 0 Å². The highest BCUT2D eigenvalue weighted by molar-refractivity contribution is 9.10. The van der Waals surface area contributed by atoms with Crippen LogP contribution in [0.3, 0.4) is 0 Å². The van der Waals surface area contributed by atoms with E-state index < -0.39 is 15.7 Å². The first-order chi connectivity index (χ1) is 7.70. The molecule has 0 fully saturated rings. The Hall–Kier alpha value is 0.0469. The maximum absolute atomic E-state index is 11.0. The van der Waals surface area contributed by atoms with E-state index in [0.717, 1.165) is 0 Å². The summed E-state index contributed by atoms with van der Waals surface area (Å²) in [6.45, 7) is 1.61. The van der Waals surface area contributed by atoms with E-state index in [9.17, 15) is 4.79 Å². The van der Waals surface area contributed by atoms with Crippen LogP contribution in [0.4, 0.5) is 0 Å². The molecule has 0 aliphatic rings. The highest BCUT2D eigenvalue weighted by atomic mass is 79.9. The Bertz CT molecular complexity index is 255. The molecule has 0 radical (unpaired) electrons. The minimum atomic E-state index is -1.00. The van der Waals surface area contributed by atoms with Gasteiger partial charge in [-0.1, -0.05) is 15.9 Å². The Morgan fingerprint density at radius 2 is 1.82 bits per heavy atom. The largest absolute Gasteiger partial charge is 0.480 e. The number of hydrogen-bond donors (Lipinski definition) is 1. The van der Waals surface area contributed by atoms with Gasteiger partial charge >= 0.3 is 5.97 Å². The topological polar surface area (TPSA) is 65.0 Å². The van der Waals surface area contributed by atoms with Gasteiger partial charge in [-0.05, 0) is 13.3 Å². The predicted molar refractivity (Wildman–Crippen MR) is 71.7 cm³/mol. The van der Waals surface area contributed by atoms with Crippen LogP contribution in [0, 0.1) is 0 Å². The maximum atomic E-state index is 11.0. The summed E-state index contributed by atoms with van der Waals surface area (Å²) in [5.74, 6) is -0.909. The van der Waals surface area contributed by atoms with Gasteiger partial charge in [0.2, 0.25) is 0 Å². The minimum absolute atomic E-state index is 0.243. The molecule has 1 N–H and O–H groups in total. The second kappa shape index (κ2) is 6.84. The summed E-state index contributed by atoms with van der Waals surface area (Å²) in [5, 5.41) is 9.04. The van der Waals surface area contributed by atoms with Crippen LogP contribution in [0.25, 0.3) is 0 Å². The van der Waals surface area contributed by atoms with Crippen LogP contribution in [-0.2, 0) is 19.0 Å². The summed E-state index contributed by atoms with van der Waals surface area (Å²) >= 11 is 3.19. The second-order valence-electron chi connectivity index (χ2n) is 4.31. The third-order valence-corrected chi connectivity index (χ3v) is 4.74. The van der Waals surface area contributed by atoms with E-state index in [2.05, 4.69) is 15.9 Å². The molecule has 0 aromatic rings. The van der Waals surface area contributed by atoms with E-state index in [-0.39, 0.29) is 6.10 Å². The van der Waals surface area contributed by atoms with Crippen LogP contribution in [0.5, 0.6) is 0 Å². The van der Waals surface area contributed by atoms with E-state index in [1.165, 1.54) is 0 Å². The molecule has 2 unspecified atom stereocenters. The van der Waals surface area contributed by atoms with Crippen LogP contribution < -0.4 is 0 Å². The normalized spacial score (nSPS) is 17.7. The smallest absolute Gasteiger partial charge is 0.320 e. The Balaban J connectivity index is 4.60. The first-order valence-corrected chi connectivity index (χ1v) is 7.05. The van der Waals surface area contributed by atoms with Crippen molar-refractivity contribution in [2.75, 3.05) is 21.3 Å². The molecule has 0 rings (SSSR count). The first-order valence-electron chi connectivity index (χ1n) is 5.26. The van der Waals surface area contributed by atoms with Crippen molar-refractivity contribution in [1.82, 2.24) is 0 Å². The molecule has 5 nitrogen and oxygen atoms in total. The lowest BCUT2D eigenvalue weighted by Gasteiger charge is -2.32. The Labute approximate surface area is 113 Å². The highest BCUT2D eigenvalue weighted by Crippen LogP contribution is 2.28. The zero-order valence-corrected chi connectivity index (χ0v) is 14.5. The monoisotopic (exact) mass is 328 g/mol. The van der Waals surface area contributed by atoms with Crippen molar-refractivity contribution in [3.63, 3.8) is 0 Å². The summed E-state index contributed by atoms with van der Waals surface area (Å²) in [5.41, 5.74) is -0.637. The van der Waals surface area contributed by atoms with Gasteiger partial charge in [0.25, 0.3) is 0 Å². The molecule has 0 amide bonds. The molecule has 0 saturated carbocycles. The minimum Gasteiger partial charge on any atom is -0.480 e. The van der Waals surface area contributed by atoms with Crippen molar-refractivity contribution < 1.29 is 24.1 Å². The molecule has 0 saturated heterocycles. The molecule has 7 heteroatoms. The van der Waals surface area contributed by atoms with Crippen molar-refractivity contribution in [1.29, 1.82) is 0 Å². The molecule has 102 valence electrons. The van der Waals surface area contributed by atoms with Crippen LogP contribution in [0.15, 0.2) is 0 Å². The molecule has 0 heterocycles. The lowest BCUT2D eigenvalue weighted by Crippen LogP contribution is -2.42. The zero-order valence-electron chi connectivity index (χ0n) is 10.9. The van der Waals surface area contributed by atoms with E-state index in [1.807, 2.05) is 0 Å². The lowest BCUT2D eigenvalue weighted by atomic mass is 10.0.